The lowest BCUT2D eigenvalue weighted by atomic mass is 10.1. The van der Waals surface area contributed by atoms with E-state index in [0.29, 0.717) is 18.1 Å². The first-order valence-corrected chi connectivity index (χ1v) is 6.24. The zero-order valence-electron chi connectivity index (χ0n) is 10.9. The number of aromatic nitrogens is 1. The Kier molecular flexibility index (Phi) is 4.68. The molecule has 0 saturated carbocycles. The number of carbonyl (C=O) groups excluding carboxylic acids is 1. The van der Waals surface area contributed by atoms with Gasteiger partial charge in [-0.1, -0.05) is 30.3 Å². The molecular weight excluding hydrogens is 256 g/mol. The predicted molar refractivity (Wildman–Crippen MR) is 73.9 cm³/mol. The van der Waals surface area contributed by atoms with E-state index in [1.54, 1.807) is 18.3 Å². The van der Waals surface area contributed by atoms with Crippen LogP contribution in [0.4, 0.5) is 0 Å². The van der Waals surface area contributed by atoms with Gasteiger partial charge in [0.2, 0.25) is 5.91 Å². The van der Waals surface area contributed by atoms with Gasteiger partial charge in [-0.15, -0.1) is 0 Å². The molecule has 1 heterocycles. The number of amides is 1. The van der Waals surface area contributed by atoms with Crippen molar-refractivity contribution in [3.05, 3.63) is 59.9 Å². The summed E-state index contributed by atoms with van der Waals surface area (Å²) < 4.78 is 5.64. The van der Waals surface area contributed by atoms with Gasteiger partial charge in [0.15, 0.2) is 0 Å². The lowest BCUT2D eigenvalue weighted by molar-refractivity contribution is -0.125. The molecule has 5 heteroatoms. The highest BCUT2D eigenvalue weighted by molar-refractivity contribution is 5.78. The number of ether oxygens (including phenoxy) is 1. The number of hydrogen-bond acceptors (Lipinski definition) is 4. The monoisotopic (exact) mass is 272 g/mol. The van der Waals surface area contributed by atoms with Gasteiger partial charge < -0.3 is 15.6 Å². The van der Waals surface area contributed by atoms with Crippen LogP contribution in [-0.2, 0) is 17.8 Å². The fourth-order valence-corrected chi connectivity index (χ4v) is 1.70. The van der Waals surface area contributed by atoms with Gasteiger partial charge in [-0.3, -0.25) is 9.78 Å². The fourth-order valence-electron chi connectivity index (χ4n) is 1.70. The Morgan fingerprint density at radius 1 is 1.30 bits per heavy atom. The molecule has 2 rings (SSSR count). The number of nitrogens with two attached hydrogens (primary N) is 1. The van der Waals surface area contributed by atoms with E-state index in [2.05, 4.69) is 4.98 Å². The molecule has 1 unspecified atom stereocenters. The molecule has 0 spiro atoms. The van der Waals surface area contributed by atoms with Crippen molar-refractivity contribution in [1.29, 1.82) is 0 Å². The standard InChI is InChI=1S/C15H16N2O3/c16-15(19)14(18)9-12-8-13(6-7-17-12)20-10-11-4-2-1-3-5-11/h1-8,14,18H,9-10H2,(H2,16,19). The zero-order valence-corrected chi connectivity index (χ0v) is 10.9. The largest absolute Gasteiger partial charge is 0.489 e. The highest BCUT2D eigenvalue weighted by Crippen LogP contribution is 2.14. The van der Waals surface area contributed by atoms with Crippen molar-refractivity contribution in [3.8, 4) is 5.75 Å². The number of nitrogens with zero attached hydrogens (tertiary/aromatic N) is 1. The third kappa shape index (κ3) is 4.07. The van der Waals surface area contributed by atoms with Gasteiger partial charge in [0, 0.05) is 24.4 Å². The topological polar surface area (TPSA) is 85.4 Å². The van der Waals surface area contributed by atoms with Crippen molar-refractivity contribution in [2.24, 2.45) is 5.73 Å². The lowest BCUT2D eigenvalue weighted by Gasteiger charge is -2.09. The van der Waals surface area contributed by atoms with Crippen molar-refractivity contribution >= 4 is 5.91 Å². The van der Waals surface area contributed by atoms with Crippen molar-refractivity contribution in [1.82, 2.24) is 4.98 Å². The van der Waals surface area contributed by atoms with Gasteiger partial charge in [0.25, 0.3) is 0 Å². The van der Waals surface area contributed by atoms with Gasteiger partial charge in [0.05, 0.1) is 0 Å². The van der Waals surface area contributed by atoms with Gasteiger partial charge >= 0.3 is 0 Å². The van der Waals surface area contributed by atoms with Crippen molar-refractivity contribution in [2.45, 2.75) is 19.1 Å². The molecule has 2 aromatic rings. The van der Waals surface area contributed by atoms with E-state index in [-0.39, 0.29) is 6.42 Å². The highest BCUT2D eigenvalue weighted by Gasteiger charge is 2.12. The maximum atomic E-state index is 10.8. The van der Waals surface area contributed by atoms with E-state index in [1.807, 2.05) is 30.3 Å². The van der Waals surface area contributed by atoms with Crippen LogP contribution in [0.3, 0.4) is 0 Å². The summed E-state index contributed by atoms with van der Waals surface area (Å²) in [6.45, 7) is 0.447. The van der Waals surface area contributed by atoms with Crippen LogP contribution in [0.1, 0.15) is 11.3 Å². The van der Waals surface area contributed by atoms with Crippen LogP contribution in [0.15, 0.2) is 48.7 Å². The second-order valence-electron chi connectivity index (χ2n) is 4.38. The Labute approximate surface area is 117 Å². The van der Waals surface area contributed by atoms with E-state index in [9.17, 15) is 9.90 Å². The Morgan fingerprint density at radius 3 is 2.75 bits per heavy atom. The van der Waals surface area contributed by atoms with Gasteiger partial charge in [-0.2, -0.15) is 0 Å². The average molecular weight is 272 g/mol. The minimum Gasteiger partial charge on any atom is -0.489 e. The minimum atomic E-state index is -1.23. The molecule has 0 bridgehead atoms. The molecule has 5 nitrogen and oxygen atoms in total. The van der Waals surface area contributed by atoms with E-state index in [4.69, 9.17) is 10.5 Å². The van der Waals surface area contributed by atoms with E-state index in [0.717, 1.165) is 5.56 Å². The second-order valence-corrected chi connectivity index (χ2v) is 4.38. The first-order valence-electron chi connectivity index (χ1n) is 6.24. The van der Waals surface area contributed by atoms with E-state index in [1.165, 1.54) is 0 Å². The molecule has 0 aliphatic carbocycles. The first-order chi connectivity index (χ1) is 9.65. The molecule has 1 aromatic heterocycles. The van der Waals surface area contributed by atoms with Crippen LogP contribution in [0.2, 0.25) is 0 Å². The zero-order chi connectivity index (χ0) is 14.4. The predicted octanol–water partition coefficient (Wildman–Crippen LogP) is 1.05. The molecule has 20 heavy (non-hydrogen) atoms. The number of primary amides is 1. The quantitative estimate of drug-likeness (QED) is 0.823. The van der Waals surface area contributed by atoms with Gasteiger partial charge in [-0.25, -0.2) is 0 Å². The summed E-state index contributed by atoms with van der Waals surface area (Å²) in [4.78, 5) is 14.9. The molecule has 104 valence electrons. The number of benzene rings is 1. The summed E-state index contributed by atoms with van der Waals surface area (Å²) >= 11 is 0. The second kappa shape index (κ2) is 6.68. The lowest BCUT2D eigenvalue weighted by Crippen LogP contribution is -2.30. The Balaban J connectivity index is 1.97. The Bertz CT molecular complexity index is 572. The summed E-state index contributed by atoms with van der Waals surface area (Å²) in [5.41, 5.74) is 6.62. The van der Waals surface area contributed by atoms with Crippen LogP contribution in [0, 0.1) is 0 Å². The molecular formula is C15H16N2O3. The smallest absolute Gasteiger partial charge is 0.246 e. The molecule has 0 fully saturated rings. The Morgan fingerprint density at radius 2 is 2.05 bits per heavy atom. The van der Waals surface area contributed by atoms with Crippen molar-refractivity contribution in [2.75, 3.05) is 0 Å². The highest BCUT2D eigenvalue weighted by atomic mass is 16.5. The SMILES string of the molecule is NC(=O)C(O)Cc1cc(OCc2ccccc2)ccn1. The molecule has 0 aliphatic rings. The maximum Gasteiger partial charge on any atom is 0.246 e. The van der Waals surface area contributed by atoms with Crippen LogP contribution in [0.5, 0.6) is 5.75 Å². The number of carbonyl (C=O) groups is 1. The number of rotatable bonds is 6. The molecule has 3 N–H and O–H groups in total. The Hall–Kier alpha value is -2.40. The maximum absolute atomic E-state index is 10.8. The van der Waals surface area contributed by atoms with E-state index < -0.39 is 12.0 Å². The summed E-state index contributed by atoms with van der Waals surface area (Å²) in [5.74, 6) is -0.127. The van der Waals surface area contributed by atoms with Crippen LogP contribution < -0.4 is 10.5 Å². The molecule has 0 saturated heterocycles. The third-order valence-corrected chi connectivity index (χ3v) is 2.77. The van der Waals surface area contributed by atoms with Crippen molar-refractivity contribution in [3.63, 3.8) is 0 Å². The fraction of sp³-hybridized carbons (Fsp3) is 0.200. The molecule has 1 atom stereocenters. The number of pyridine rings is 1. The van der Waals surface area contributed by atoms with Gasteiger partial charge in [0.1, 0.15) is 18.5 Å². The molecule has 0 aliphatic heterocycles. The number of aliphatic hydroxyl groups excluding tert-OH is 1. The molecule has 0 radical (unpaired) electrons. The molecule has 1 amide bonds. The summed E-state index contributed by atoms with van der Waals surface area (Å²) in [6, 6.07) is 13.2. The summed E-state index contributed by atoms with van der Waals surface area (Å²) in [7, 11) is 0. The molecule has 1 aromatic carbocycles. The minimum absolute atomic E-state index is 0.0812. The average Bonchev–Trinajstić information content (AvgIpc) is 2.46. The van der Waals surface area contributed by atoms with Gasteiger partial charge in [-0.05, 0) is 11.6 Å². The van der Waals surface area contributed by atoms with Crippen LogP contribution in [0.25, 0.3) is 0 Å². The summed E-state index contributed by atoms with van der Waals surface area (Å²) in [6.07, 6.45) is 0.424. The normalized spacial score (nSPS) is 11.8. The van der Waals surface area contributed by atoms with E-state index >= 15 is 0 Å². The number of aliphatic hydroxyl groups is 1. The van der Waals surface area contributed by atoms with Crippen LogP contribution >= 0.6 is 0 Å². The summed E-state index contributed by atoms with van der Waals surface area (Å²) in [5, 5.41) is 9.42. The first kappa shape index (κ1) is 14.0. The third-order valence-electron chi connectivity index (χ3n) is 2.77. The van der Waals surface area contributed by atoms with Crippen LogP contribution in [-0.4, -0.2) is 22.1 Å². The van der Waals surface area contributed by atoms with Crippen molar-refractivity contribution < 1.29 is 14.6 Å². The number of hydrogen-bond donors (Lipinski definition) is 2.